The number of nitrogens with zero attached hydrogens (tertiary/aromatic N) is 3. The van der Waals surface area contributed by atoms with Gasteiger partial charge in [0.2, 0.25) is 5.91 Å². The highest BCUT2D eigenvalue weighted by atomic mass is 32.2. The lowest BCUT2D eigenvalue weighted by atomic mass is 10.1. The van der Waals surface area contributed by atoms with E-state index < -0.39 is 10.0 Å². The maximum Gasteiger partial charge on any atom is 0.263 e. The van der Waals surface area contributed by atoms with Gasteiger partial charge in [0.1, 0.15) is 5.84 Å². The Morgan fingerprint density at radius 3 is 2.61 bits per heavy atom. The molecule has 1 N–H and O–H groups in total. The molecule has 0 unspecified atom stereocenters. The van der Waals surface area contributed by atoms with Crippen molar-refractivity contribution in [1.29, 1.82) is 0 Å². The van der Waals surface area contributed by atoms with E-state index in [0.717, 1.165) is 52.0 Å². The number of hydrogen-bond acceptors (Lipinski definition) is 6. The topological polar surface area (TPSA) is 82.1 Å². The van der Waals surface area contributed by atoms with E-state index >= 15 is 0 Å². The van der Waals surface area contributed by atoms with Crippen LogP contribution in [0.2, 0.25) is 0 Å². The lowest BCUT2D eigenvalue weighted by Crippen LogP contribution is -2.48. The van der Waals surface area contributed by atoms with Gasteiger partial charge in [-0.1, -0.05) is 24.6 Å². The smallest absolute Gasteiger partial charge is 0.263 e. The number of thiophene rings is 1. The Morgan fingerprint density at radius 1 is 1.03 bits per heavy atom. The highest BCUT2D eigenvalue weighted by Crippen LogP contribution is 2.22. The zero-order valence-electron chi connectivity index (χ0n) is 17.5. The van der Waals surface area contributed by atoms with Gasteiger partial charge in [0.05, 0.1) is 4.90 Å². The van der Waals surface area contributed by atoms with Crippen molar-refractivity contribution in [3.05, 3.63) is 52.2 Å². The SMILES string of the molecule is O=C(CCCCCN=C1NS(=O)(=O)c2ccccc21)N1CCN(Cc2cccs2)CC1. The standard InChI is InChI=1S/C22H28N4O3S2/c27-21(26-14-12-25(13-15-26)17-18-7-6-16-30-18)10-2-1-5-11-23-22-19-8-3-4-9-20(19)31(28,29)24-22/h3-4,6-9,16H,1-2,5,10-15,17H2,(H,23,24). The van der Waals surface area contributed by atoms with Gasteiger partial charge in [0, 0.05) is 56.1 Å². The minimum atomic E-state index is -3.48. The zero-order valence-corrected chi connectivity index (χ0v) is 19.1. The van der Waals surface area contributed by atoms with Crippen molar-refractivity contribution in [2.24, 2.45) is 4.99 Å². The van der Waals surface area contributed by atoms with Gasteiger partial charge >= 0.3 is 0 Å². The van der Waals surface area contributed by atoms with Gasteiger partial charge in [-0.05, 0) is 36.4 Å². The minimum Gasteiger partial charge on any atom is -0.340 e. The number of benzene rings is 1. The Labute approximate surface area is 187 Å². The average Bonchev–Trinajstić information content (AvgIpc) is 3.37. The molecule has 0 saturated carbocycles. The second kappa shape index (κ2) is 9.93. The Hall–Kier alpha value is -2.23. The summed E-state index contributed by atoms with van der Waals surface area (Å²) in [4.78, 5) is 23.0. The molecule has 7 nitrogen and oxygen atoms in total. The molecule has 1 aromatic carbocycles. The van der Waals surface area contributed by atoms with Crippen LogP contribution in [0, 0.1) is 0 Å². The van der Waals surface area contributed by atoms with Gasteiger partial charge in [0.25, 0.3) is 10.0 Å². The predicted octanol–water partition coefficient (Wildman–Crippen LogP) is 2.69. The number of unbranched alkanes of at least 4 members (excludes halogenated alkanes) is 2. The highest BCUT2D eigenvalue weighted by molar-refractivity contribution is 7.90. The fourth-order valence-corrected chi connectivity index (χ4v) is 5.94. The second-order valence-corrected chi connectivity index (χ2v) is 10.6. The summed E-state index contributed by atoms with van der Waals surface area (Å²) in [5.41, 5.74) is 0.635. The lowest BCUT2D eigenvalue weighted by molar-refractivity contribution is -0.133. The first-order chi connectivity index (χ1) is 15.0. The van der Waals surface area contributed by atoms with Crippen LogP contribution in [0.3, 0.4) is 0 Å². The molecule has 0 bridgehead atoms. The molecule has 9 heteroatoms. The molecule has 2 aliphatic heterocycles. The monoisotopic (exact) mass is 460 g/mol. The van der Waals surface area contributed by atoms with Crippen molar-refractivity contribution in [3.63, 3.8) is 0 Å². The number of carbonyl (C=O) groups is 1. The average molecular weight is 461 g/mol. The molecule has 4 rings (SSSR count). The molecule has 1 fully saturated rings. The van der Waals surface area contributed by atoms with Crippen molar-refractivity contribution >= 4 is 33.1 Å². The summed E-state index contributed by atoms with van der Waals surface area (Å²) in [7, 11) is -3.48. The highest BCUT2D eigenvalue weighted by Gasteiger charge is 2.29. The van der Waals surface area contributed by atoms with Gasteiger partial charge < -0.3 is 4.90 Å². The predicted molar refractivity (Wildman–Crippen MR) is 123 cm³/mol. The summed E-state index contributed by atoms with van der Waals surface area (Å²) >= 11 is 1.78. The molecule has 1 aromatic heterocycles. The molecular formula is C22H28N4O3S2. The van der Waals surface area contributed by atoms with Crippen LogP contribution in [0.4, 0.5) is 0 Å². The molecule has 2 aliphatic rings. The van der Waals surface area contributed by atoms with E-state index in [1.165, 1.54) is 4.88 Å². The zero-order chi connectivity index (χ0) is 21.7. The van der Waals surface area contributed by atoms with Crippen LogP contribution < -0.4 is 4.72 Å². The van der Waals surface area contributed by atoms with E-state index in [2.05, 4.69) is 32.1 Å². The third kappa shape index (κ3) is 5.53. The maximum absolute atomic E-state index is 12.5. The van der Waals surface area contributed by atoms with Crippen LogP contribution in [0.25, 0.3) is 0 Å². The van der Waals surface area contributed by atoms with E-state index in [-0.39, 0.29) is 10.8 Å². The van der Waals surface area contributed by atoms with Gasteiger partial charge in [-0.25, -0.2) is 8.42 Å². The summed E-state index contributed by atoms with van der Waals surface area (Å²) in [6.45, 7) is 4.98. The Bertz CT molecular complexity index is 1030. The maximum atomic E-state index is 12.5. The van der Waals surface area contributed by atoms with Gasteiger partial charge in [-0.15, -0.1) is 11.3 Å². The van der Waals surface area contributed by atoms with Gasteiger partial charge in [-0.2, -0.15) is 0 Å². The molecule has 1 saturated heterocycles. The molecule has 166 valence electrons. The quantitative estimate of drug-likeness (QED) is 0.614. The lowest BCUT2D eigenvalue weighted by Gasteiger charge is -2.34. The van der Waals surface area contributed by atoms with Crippen LogP contribution in [0.5, 0.6) is 0 Å². The summed E-state index contributed by atoms with van der Waals surface area (Å²) in [6, 6.07) is 11.1. The minimum absolute atomic E-state index is 0.236. The number of rotatable bonds is 8. The van der Waals surface area contributed by atoms with E-state index in [0.29, 0.717) is 24.4 Å². The first kappa shape index (κ1) is 22.0. The molecule has 1 amide bonds. The molecule has 31 heavy (non-hydrogen) atoms. The summed E-state index contributed by atoms with van der Waals surface area (Å²) < 4.78 is 26.7. The number of sulfonamides is 1. The number of amides is 1. The number of nitrogens with one attached hydrogen (secondary N) is 1. The Kier molecular flexibility index (Phi) is 7.04. The third-order valence-electron chi connectivity index (χ3n) is 5.67. The molecule has 2 aromatic rings. The largest absolute Gasteiger partial charge is 0.340 e. The summed E-state index contributed by atoms with van der Waals surface area (Å²) in [5.74, 6) is 0.659. The molecule has 3 heterocycles. The van der Waals surface area contributed by atoms with Gasteiger partial charge in [0.15, 0.2) is 0 Å². The number of aliphatic imine (C=N–C) groups is 1. The van der Waals surface area contributed by atoms with Crippen molar-refractivity contribution in [2.45, 2.75) is 37.1 Å². The Balaban J connectivity index is 1.14. The number of piperazine rings is 1. The number of hydrogen-bond donors (Lipinski definition) is 1. The number of carbonyl (C=O) groups excluding carboxylic acids is 1. The Morgan fingerprint density at radius 2 is 1.84 bits per heavy atom. The number of amidine groups is 1. The normalized spacial score (nSPS) is 19.4. The van der Waals surface area contributed by atoms with E-state index in [1.54, 1.807) is 29.5 Å². The first-order valence-electron chi connectivity index (χ1n) is 10.7. The molecule has 0 radical (unpaired) electrons. The van der Waals surface area contributed by atoms with Crippen LogP contribution in [-0.2, 0) is 21.4 Å². The van der Waals surface area contributed by atoms with E-state index in [9.17, 15) is 13.2 Å². The molecule has 0 spiro atoms. The second-order valence-electron chi connectivity index (χ2n) is 7.88. The van der Waals surface area contributed by atoms with Crippen molar-refractivity contribution in [3.8, 4) is 0 Å². The summed E-state index contributed by atoms with van der Waals surface area (Å²) in [5, 5.41) is 2.10. The number of fused-ring (bicyclic) bond motifs is 1. The van der Waals surface area contributed by atoms with E-state index in [1.807, 2.05) is 11.0 Å². The fourth-order valence-electron chi connectivity index (χ4n) is 3.94. The summed E-state index contributed by atoms with van der Waals surface area (Å²) in [6.07, 6.45) is 3.13. The van der Waals surface area contributed by atoms with Crippen LogP contribution >= 0.6 is 11.3 Å². The van der Waals surface area contributed by atoms with Gasteiger partial charge in [-0.3, -0.25) is 19.4 Å². The van der Waals surface area contributed by atoms with Crippen LogP contribution in [-0.4, -0.2) is 62.7 Å². The third-order valence-corrected chi connectivity index (χ3v) is 7.92. The molecular weight excluding hydrogens is 432 g/mol. The van der Waals surface area contributed by atoms with Crippen LogP contribution in [0.1, 0.15) is 36.1 Å². The van der Waals surface area contributed by atoms with Crippen molar-refractivity contribution in [2.75, 3.05) is 32.7 Å². The van der Waals surface area contributed by atoms with Crippen LogP contribution in [0.15, 0.2) is 51.7 Å². The van der Waals surface area contributed by atoms with Crippen molar-refractivity contribution in [1.82, 2.24) is 14.5 Å². The first-order valence-corrected chi connectivity index (χ1v) is 13.1. The van der Waals surface area contributed by atoms with Crippen molar-refractivity contribution < 1.29 is 13.2 Å². The van der Waals surface area contributed by atoms with E-state index in [4.69, 9.17) is 0 Å². The fraction of sp³-hybridized carbons (Fsp3) is 0.455. The molecule has 0 atom stereocenters. The molecule has 0 aliphatic carbocycles.